The van der Waals surface area contributed by atoms with Crippen molar-refractivity contribution in [1.29, 1.82) is 0 Å². The molecule has 2 aromatic carbocycles. The summed E-state index contributed by atoms with van der Waals surface area (Å²) >= 11 is 13.3. The summed E-state index contributed by atoms with van der Waals surface area (Å²) in [6.07, 6.45) is 1.64. The predicted octanol–water partition coefficient (Wildman–Crippen LogP) is 5.52. The van der Waals surface area contributed by atoms with Gasteiger partial charge in [-0.1, -0.05) is 47.1 Å². The Morgan fingerprint density at radius 3 is 2.69 bits per heavy atom. The number of nitrogens with zero attached hydrogens (tertiary/aromatic N) is 3. The molecule has 0 saturated heterocycles. The topological polar surface area (TPSA) is 76.9 Å². The maximum Gasteiger partial charge on any atom is 0.267 e. The van der Waals surface area contributed by atoms with Crippen molar-refractivity contribution in [1.82, 2.24) is 14.5 Å². The number of para-hydroxylation sites is 1. The summed E-state index contributed by atoms with van der Waals surface area (Å²) in [5, 5.41) is 3.88. The Morgan fingerprint density at radius 2 is 1.91 bits per heavy atom. The van der Waals surface area contributed by atoms with Crippen LogP contribution >= 0.6 is 35.0 Å². The van der Waals surface area contributed by atoms with Gasteiger partial charge in [0.25, 0.3) is 5.56 Å². The van der Waals surface area contributed by atoms with Gasteiger partial charge < -0.3 is 5.32 Å². The standard InChI is InChI=1S/C23H18Cl2N4O2S/c1-13-9-10-26-20(11-13)29-22(31)16-5-3-4-6-18(16)28-23(29)32-14(2)21(30)27-19-12-15(24)7-8-17(19)25/h3-12,14H,1-2H3,(H,27,30). The van der Waals surface area contributed by atoms with E-state index in [1.54, 1.807) is 55.6 Å². The molecule has 162 valence electrons. The Labute approximate surface area is 198 Å². The Hall–Kier alpha value is -2.87. The molecule has 1 unspecified atom stereocenters. The van der Waals surface area contributed by atoms with Crippen LogP contribution in [0.25, 0.3) is 16.7 Å². The zero-order valence-corrected chi connectivity index (χ0v) is 19.5. The highest BCUT2D eigenvalue weighted by molar-refractivity contribution is 8.00. The van der Waals surface area contributed by atoms with Crippen LogP contribution in [0.15, 0.2) is 70.7 Å². The van der Waals surface area contributed by atoms with Gasteiger partial charge in [0.15, 0.2) is 5.16 Å². The summed E-state index contributed by atoms with van der Waals surface area (Å²) in [4.78, 5) is 35.2. The third kappa shape index (κ3) is 4.65. The second kappa shape index (κ2) is 9.32. The lowest BCUT2D eigenvalue weighted by Gasteiger charge is -2.16. The minimum Gasteiger partial charge on any atom is -0.324 e. The molecule has 32 heavy (non-hydrogen) atoms. The van der Waals surface area contributed by atoms with Crippen LogP contribution in [0, 0.1) is 6.92 Å². The van der Waals surface area contributed by atoms with E-state index in [1.807, 2.05) is 19.1 Å². The quantitative estimate of drug-likeness (QED) is 0.298. The van der Waals surface area contributed by atoms with Crippen molar-refractivity contribution < 1.29 is 4.79 Å². The number of anilines is 1. The molecule has 6 nitrogen and oxygen atoms in total. The van der Waals surface area contributed by atoms with Crippen molar-refractivity contribution in [2.24, 2.45) is 0 Å². The summed E-state index contributed by atoms with van der Waals surface area (Å²) in [5.41, 5.74) is 1.67. The van der Waals surface area contributed by atoms with Crippen molar-refractivity contribution in [2.45, 2.75) is 24.3 Å². The summed E-state index contributed by atoms with van der Waals surface area (Å²) in [7, 11) is 0. The molecule has 0 radical (unpaired) electrons. The summed E-state index contributed by atoms with van der Waals surface area (Å²) < 4.78 is 1.44. The van der Waals surface area contributed by atoms with Gasteiger partial charge in [-0.25, -0.2) is 14.5 Å². The van der Waals surface area contributed by atoms with Gasteiger partial charge in [-0.2, -0.15) is 0 Å². The van der Waals surface area contributed by atoms with E-state index >= 15 is 0 Å². The molecule has 0 aliphatic rings. The molecule has 4 aromatic rings. The van der Waals surface area contributed by atoms with Gasteiger partial charge in [0, 0.05) is 11.2 Å². The SMILES string of the molecule is Cc1ccnc(-n2c(SC(C)C(=O)Nc3cc(Cl)ccc3Cl)nc3ccccc3c2=O)c1. The molecule has 0 aliphatic heterocycles. The van der Waals surface area contributed by atoms with Gasteiger partial charge in [0.1, 0.15) is 5.82 Å². The maximum absolute atomic E-state index is 13.3. The Morgan fingerprint density at radius 1 is 1.12 bits per heavy atom. The molecule has 1 amide bonds. The normalized spacial score (nSPS) is 12.0. The Kier molecular flexibility index (Phi) is 6.50. The molecule has 0 spiro atoms. The number of carbonyl (C=O) groups is 1. The second-order valence-corrected chi connectivity index (χ2v) is 9.27. The van der Waals surface area contributed by atoms with Crippen LogP contribution in [0.4, 0.5) is 5.69 Å². The number of nitrogens with one attached hydrogen (secondary N) is 1. The molecule has 9 heteroatoms. The molecule has 1 N–H and O–H groups in total. The molecule has 4 rings (SSSR count). The van der Waals surface area contributed by atoms with E-state index in [0.717, 1.165) is 17.3 Å². The number of amides is 1. The number of carbonyl (C=O) groups excluding carboxylic acids is 1. The van der Waals surface area contributed by atoms with Crippen LogP contribution in [-0.2, 0) is 4.79 Å². The zero-order chi connectivity index (χ0) is 22.8. The summed E-state index contributed by atoms with van der Waals surface area (Å²) in [6.45, 7) is 3.65. The number of thioether (sulfide) groups is 1. The van der Waals surface area contributed by atoms with Crippen molar-refractivity contribution in [3.05, 3.63) is 86.8 Å². The zero-order valence-electron chi connectivity index (χ0n) is 17.2. The number of pyridine rings is 1. The highest BCUT2D eigenvalue weighted by atomic mass is 35.5. The van der Waals surface area contributed by atoms with E-state index in [0.29, 0.717) is 37.6 Å². The van der Waals surface area contributed by atoms with Crippen LogP contribution in [0.3, 0.4) is 0 Å². The lowest BCUT2D eigenvalue weighted by Crippen LogP contribution is -2.26. The molecule has 2 aromatic heterocycles. The lowest BCUT2D eigenvalue weighted by molar-refractivity contribution is -0.115. The van der Waals surface area contributed by atoms with E-state index in [1.165, 1.54) is 4.57 Å². The number of aryl methyl sites for hydroxylation is 1. The molecule has 2 heterocycles. The van der Waals surface area contributed by atoms with Crippen LogP contribution in [0.5, 0.6) is 0 Å². The highest BCUT2D eigenvalue weighted by Crippen LogP contribution is 2.28. The van der Waals surface area contributed by atoms with Gasteiger partial charge in [-0.05, 0) is 61.9 Å². The third-order valence-electron chi connectivity index (χ3n) is 4.71. The molecule has 1 atom stereocenters. The number of fused-ring (bicyclic) bond motifs is 1. The first kappa shape index (κ1) is 22.3. The number of hydrogen-bond donors (Lipinski definition) is 1. The Balaban J connectivity index is 1.73. The minimum absolute atomic E-state index is 0.248. The van der Waals surface area contributed by atoms with Gasteiger partial charge in [-0.3, -0.25) is 9.59 Å². The van der Waals surface area contributed by atoms with Gasteiger partial charge in [0.2, 0.25) is 5.91 Å². The van der Waals surface area contributed by atoms with Crippen LogP contribution in [0.1, 0.15) is 12.5 Å². The van der Waals surface area contributed by atoms with Gasteiger partial charge in [-0.15, -0.1) is 0 Å². The number of aromatic nitrogens is 3. The third-order valence-corrected chi connectivity index (χ3v) is 6.33. The lowest BCUT2D eigenvalue weighted by atomic mass is 10.2. The van der Waals surface area contributed by atoms with Gasteiger partial charge >= 0.3 is 0 Å². The van der Waals surface area contributed by atoms with Crippen molar-refractivity contribution in [3.63, 3.8) is 0 Å². The van der Waals surface area contributed by atoms with Crippen LogP contribution in [0.2, 0.25) is 10.0 Å². The van der Waals surface area contributed by atoms with E-state index < -0.39 is 5.25 Å². The predicted molar refractivity (Wildman–Crippen MR) is 130 cm³/mol. The van der Waals surface area contributed by atoms with Crippen molar-refractivity contribution >= 4 is 57.5 Å². The molecule has 0 aliphatic carbocycles. The average Bonchev–Trinajstić information content (AvgIpc) is 2.76. The maximum atomic E-state index is 13.3. The van der Waals surface area contributed by atoms with Crippen molar-refractivity contribution in [3.8, 4) is 5.82 Å². The largest absolute Gasteiger partial charge is 0.324 e. The molecular weight excluding hydrogens is 467 g/mol. The van der Waals surface area contributed by atoms with E-state index in [-0.39, 0.29) is 11.5 Å². The fourth-order valence-corrected chi connectivity index (χ4v) is 4.33. The molecule has 0 saturated carbocycles. The summed E-state index contributed by atoms with van der Waals surface area (Å²) in [6, 6.07) is 15.6. The number of hydrogen-bond acceptors (Lipinski definition) is 5. The fraction of sp³-hybridized carbons (Fsp3) is 0.130. The highest BCUT2D eigenvalue weighted by Gasteiger charge is 2.21. The van der Waals surface area contributed by atoms with Crippen molar-refractivity contribution in [2.75, 3.05) is 5.32 Å². The molecule has 0 bridgehead atoms. The summed E-state index contributed by atoms with van der Waals surface area (Å²) in [5.74, 6) is 0.145. The van der Waals surface area contributed by atoms with Crippen LogP contribution in [-0.4, -0.2) is 25.7 Å². The minimum atomic E-state index is -0.589. The number of halogens is 2. The number of benzene rings is 2. The van der Waals surface area contributed by atoms with E-state index in [2.05, 4.69) is 15.3 Å². The molecule has 0 fully saturated rings. The first-order valence-corrected chi connectivity index (χ1v) is 11.3. The van der Waals surface area contributed by atoms with E-state index in [4.69, 9.17) is 23.2 Å². The van der Waals surface area contributed by atoms with Gasteiger partial charge in [0.05, 0.1) is 26.9 Å². The van der Waals surface area contributed by atoms with E-state index in [9.17, 15) is 9.59 Å². The smallest absolute Gasteiger partial charge is 0.267 e. The first-order valence-electron chi connectivity index (χ1n) is 9.71. The fourth-order valence-electron chi connectivity index (χ4n) is 3.08. The Bertz CT molecular complexity index is 1390. The van der Waals surface area contributed by atoms with Crippen LogP contribution < -0.4 is 10.9 Å². The number of rotatable bonds is 5. The second-order valence-electron chi connectivity index (χ2n) is 7.12. The average molecular weight is 485 g/mol. The first-order chi connectivity index (χ1) is 15.3. The molecular formula is C23H18Cl2N4O2S. The monoisotopic (exact) mass is 484 g/mol.